The number of primary sulfonamides is 1. The summed E-state index contributed by atoms with van der Waals surface area (Å²) in [5, 5.41) is 4.88. The number of ether oxygens (including phenoxy) is 1. The molecule has 1 atom stereocenters. The molecule has 5 heteroatoms. The molecule has 0 amide bonds. The maximum absolute atomic E-state index is 10.6. The summed E-state index contributed by atoms with van der Waals surface area (Å²) in [7, 11) is -3.28. The van der Waals surface area contributed by atoms with Crippen molar-refractivity contribution < 1.29 is 13.2 Å². The van der Waals surface area contributed by atoms with E-state index in [1.165, 1.54) is 0 Å². The van der Waals surface area contributed by atoms with Crippen molar-refractivity contribution >= 4 is 10.0 Å². The Morgan fingerprint density at radius 1 is 1.13 bits per heavy atom. The molecule has 2 N–H and O–H groups in total. The van der Waals surface area contributed by atoms with Crippen LogP contribution >= 0.6 is 0 Å². The Kier molecular flexibility index (Phi) is 7.13. The molecule has 0 rings (SSSR count). The van der Waals surface area contributed by atoms with E-state index in [-0.39, 0.29) is 11.9 Å². The molecule has 0 saturated carbocycles. The van der Waals surface area contributed by atoms with E-state index in [4.69, 9.17) is 9.88 Å². The van der Waals surface area contributed by atoms with Crippen molar-refractivity contribution in [1.29, 1.82) is 0 Å². The van der Waals surface area contributed by atoms with Crippen LogP contribution in [0.25, 0.3) is 0 Å². The maximum atomic E-state index is 10.6. The molecule has 15 heavy (non-hydrogen) atoms. The van der Waals surface area contributed by atoms with Crippen molar-refractivity contribution in [3.05, 3.63) is 0 Å². The van der Waals surface area contributed by atoms with Crippen LogP contribution in [0.5, 0.6) is 0 Å². The first-order valence-electron chi connectivity index (χ1n) is 5.45. The predicted molar refractivity (Wildman–Crippen MR) is 62.1 cm³/mol. The highest BCUT2D eigenvalue weighted by molar-refractivity contribution is 7.89. The number of sulfonamides is 1. The molecule has 0 aliphatic carbocycles. The zero-order valence-electron chi connectivity index (χ0n) is 9.90. The Labute approximate surface area is 93.2 Å². The molecule has 0 bridgehead atoms. The third kappa shape index (κ3) is 10.2. The van der Waals surface area contributed by atoms with Gasteiger partial charge in [-0.05, 0) is 25.7 Å². The molecule has 4 nitrogen and oxygen atoms in total. The lowest BCUT2D eigenvalue weighted by atomic mass is 10.1. The average molecular weight is 237 g/mol. The minimum Gasteiger partial charge on any atom is -0.378 e. The van der Waals surface area contributed by atoms with Crippen LogP contribution in [0, 0.1) is 5.92 Å². The second-order valence-electron chi connectivity index (χ2n) is 4.25. The molecule has 0 radical (unpaired) electrons. The van der Waals surface area contributed by atoms with Gasteiger partial charge in [0.2, 0.25) is 10.0 Å². The van der Waals surface area contributed by atoms with Crippen LogP contribution in [0.3, 0.4) is 0 Å². The Hall–Kier alpha value is -0.130. The van der Waals surface area contributed by atoms with E-state index in [9.17, 15) is 8.42 Å². The summed E-state index contributed by atoms with van der Waals surface area (Å²) in [6, 6.07) is 0. The number of rotatable bonds is 8. The van der Waals surface area contributed by atoms with Crippen molar-refractivity contribution in [1.82, 2.24) is 0 Å². The van der Waals surface area contributed by atoms with Gasteiger partial charge < -0.3 is 4.74 Å². The Morgan fingerprint density at radius 2 is 1.73 bits per heavy atom. The number of unbranched alkanes of at least 4 members (excludes halogenated alkanes) is 2. The summed E-state index contributed by atoms with van der Waals surface area (Å²) >= 11 is 0. The highest BCUT2D eigenvalue weighted by Gasteiger charge is 2.06. The SMILES string of the molecule is CC(C)C(C)OCCCCCS(N)(=O)=O. The van der Waals surface area contributed by atoms with Crippen LogP contribution in [-0.4, -0.2) is 26.9 Å². The minimum atomic E-state index is -3.28. The quantitative estimate of drug-likeness (QED) is 0.650. The van der Waals surface area contributed by atoms with E-state index in [1.807, 2.05) is 0 Å². The molecular formula is C10H23NO3S. The molecular weight excluding hydrogens is 214 g/mol. The number of hydrogen-bond acceptors (Lipinski definition) is 3. The minimum absolute atomic E-state index is 0.0761. The molecule has 1 unspecified atom stereocenters. The summed E-state index contributed by atoms with van der Waals surface area (Å²) in [6.45, 7) is 6.98. The fourth-order valence-electron chi connectivity index (χ4n) is 1.04. The van der Waals surface area contributed by atoms with Crippen LogP contribution in [0.4, 0.5) is 0 Å². The lowest BCUT2D eigenvalue weighted by Gasteiger charge is -2.16. The molecule has 0 aromatic heterocycles. The van der Waals surface area contributed by atoms with E-state index < -0.39 is 10.0 Å². The number of hydrogen-bond donors (Lipinski definition) is 1. The van der Waals surface area contributed by atoms with Gasteiger partial charge in [-0.2, -0.15) is 0 Å². The lowest BCUT2D eigenvalue weighted by Crippen LogP contribution is -2.17. The highest BCUT2D eigenvalue weighted by atomic mass is 32.2. The van der Waals surface area contributed by atoms with Gasteiger partial charge in [0.15, 0.2) is 0 Å². The van der Waals surface area contributed by atoms with Crippen molar-refractivity contribution in [3.8, 4) is 0 Å². The van der Waals surface area contributed by atoms with Crippen molar-refractivity contribution in [2.24, 2.45) is 11.1 Å². The van der Waals surface area contributed by atoms with E-state index in [0.717, 1.165) is 12.8 Å². The Bertz CT molecular complexity index is 249. The molecule has 0 spiro atoms. The largest absolute Gasteiger partial charge is 0.378 e. The van der Waals surface area contributed by atoms with Gasteiger partial charge in [0.1, 0.15) is 0 Å². The molecule has 0 aromatic carbocycles. The summed E-state index contributed by atoms with van der Waals surface area (Å²) in [5.41, 5.74) is 0. The van der Waals surface area contributed by atoms with Crippen LogP contribution in [0.1, 0.15) is 40.0 Å². The monoisotopic (exact) mass is 237 g/mol. The van der Waals surface area contributed by atoms with Gasteiger partial charge in [0, 0.05) is 6.61 Å². The average Bonchev–Trinajstić information content (AvgIpc) is 2.08. The predicted octanol–water partition coefficient (Wildman–Crippen LogP) is 1.51. The normalized spacial score (nSPS) is 14.5. The molecule has 0 saturated heterocycles. The first-order chi connectivity index (χ1) is 6.83. The van der Waals surface area contributed by atoms with Gasteiger partial charge in [-0.1, -0.05) is 20.3 Å². The molecule has 92 valence electrons. The van der Waals surface area contributed by atoms with Gasteiger partial charge in [-0.3, -0.25) is 0 Å². The van der Waals surface area contributed by atoms with Gasteiger partial charge in [-0.15, -0.1) is 0 Å². The smallest absolute Gasteiger partial charge is 0.209 e. The zero-order valence-corrected chi connectivity index (χ0v) is 10.7. The third-order valence-corrected chi connectivity index (χ3v) is 3.25. The van der Waals surface area contributed by atoms with E-state index in [1.54, 1.807) is 0 Å². The lowest BCUT2D eigenvalue weighted by molar-refractivity contribution is 0.0333. The fourth-order valence-corrected chi connectivity index (χ4v) is 1.65. The van der Waals surface area contributed by atoms with E-state index >= 15 is 0 Å². The molecule has 0 aromatic rings. The molecule has 0 fully saturated rings. The first kappa shape index (κ1) is 14.9. The Morgan fingerprint density at radius 3 is 2.20 bits per heavy atom. The van der Waals surface area contributed by atoms with Crippen molar-refractivity contribution in [3.63, 3.8) is 0 Å². The number of nitrogens with two attached hydrogens (primary N) is 1. The second kappa shape index (κ2) is 7.19. The van der Waals surface area contributed by atoms with Crippen LogP contribution in [0.15, 0.2) is 0 Å². The van der Waals surface area contributed by atoms with E-state index in [0.29, 0.717) is 18.9 Å². The van der Waals surface area contributed by atoms with Gasteiger partial charge >= 0.3 is 0 Å². The van der Waals surface area contributed by atoms with Gasteiger partial charge in [-0.25, -0.2) is 13.6 Å². The topological polar surface area (TPSA) is 69.4 Å². The van der Waals surface area contributed by atoms with Crippen LogP contribution in [0.2, 0.25) is 0 Å². The summed E-state index contributed by atoms with van der Waals surface area (Å²) in [5.74, 6) is 0.599. The molecule has 0 aliphatic rings. The van der Waals surface area contributed by atoms with Crippen LogP contribution in [-0.2, 0) is 14.8 Å². The summed E-state index contributed by atoms with van der Waals surface area (Å²) in [6.07, 6.45) is 2.63. The van der Waals surface area contributed by atoms with Gasteiger partial charge in [0.05, 0.1) is 11.9 Å². The molecule has 0 aliphatic heterocycles. The van der Waals surface area contributed by atoms with Crippen molar-refractivity contribution in [2.75, 3.05) is 12.4 Å². The first-order valence-corrected chi connectivity index (χ1v) is 7.16. The highest BCUT2D eigenvalue weighted by Crippen LogP contribution is 2.06. The molecule has 0 heterocycles. The standard InChI is InChI=1S/C10H23NO3S/c1-9(2)10(3)14-7-5-4-6-8-15(11,12)13/h9-10H,4-8H2,1-3H3,(H2,11,12,13). The Balaban J connectivity index is 3.33. The summed E-state index contributed by atoms with van der Waals surface area (Å²) in [4.78, 5) is 0. The third-order valence-electron chi connectivity index (χ3n) is 2.39. The fraction of sp³-hybridized carbons (Fsp3) is 1.00. The van der Waals surface area contributed by atoms with Crippen LogP contribution < -0.4 is 5.14 Å². The zero-order chi connectivity index (χ0) is 11.9. The maximum Gasteiger partial charge on any atom is 0.209 e. The van der Waals surface area contributed by atoms with E-state index in [2.05, 4.69) is 20.8 Å². The van der Waals surface area contributed by atoms with Crippen molar-refractivity contribution in [2.45, 2.75) is 46.1 Å². The summed E-state index contributed by atoms with van der Waals surface area (Å²) < 4.78 is 26.8. The van der Waals surface area contributed by atoms with Gasteiger partial charge in [0.25, 0.3) is 0 Å². The second-order valence-corrected chi connectivity index (χ2v) is 5.98.